The van der Waals surface area contributed by atoms with Crippen LogP contribution in [0, 0.1) is 0 Å². The molecule has 0 radical (unpaired) electrons. The van der Waals surface area contributed by atoms with Crippen LogP contribution in [-0.2, 0) is 21.2 Å². The third-order valence-corrected chi connectivity index (χ3v) is 4.95. The lowest BCUT2D eigenvalue weighted by atomic mass is 10.2. The maximum absolute atomic E-state index is 12.3. The number of benzene rings is 2. The van der Waals surface area contributed by atoms with E-state index in [1.807, 2.05) is 37.3 Å². The van der Waals surface area contributed by atoms with Gasteiger partial charge in [-0.25, -0.2) is 13.1 Å². The average Bonchev–Trinajstić information content (AvgIpc) is 2.56. The monoisotopic (exact) mass is 346 g/mol. The van der Waals surface area contributed by atoms with Crippen molar-refractivity contribution in [2.75, 3.05) is 11.9 Å². The Morgan fingerprint density at radius 3 is 2.29 bits per heavy atom. The van der Waals surface area contributed by atoms with Crippen molar-refractivity contribution in [1.82, 2.24) is 4.72 Å². The molecule has 6 heteroatoms. The lowest BCUT2D eigenvalue weighted by Crippen LogP contribution is -2.26. The van der Waals surface area contributed by atoms with Gasteiger partial charge in [-0.05, 0) is 42.7 Å². The van der Waals surface area contributed by atoms with Crippen LogP contribution < -0.4 is 10.0 Å². The van der Waals surface area contributed by atoms with Gasteiger partial charge in [-0.15, -0.1) is 0 Å². The lowest BCUT2D eigenvalue weighted by Gasteiger charge is -2.08. The molecule has 2 rings (SSSR count). The molecule has 0 atom stereocenters. The summed E-state index contributed by atoms with van der Waals surface area (Å²) in [5.41, 5.74) is 1.67. The van der Waals surface area contributed by atoms with Crippen molar-refractivity contribution < 1.29 is 13.2 Å². The highest BCUT2D eigenvalue weighted by atomic mass is 32.2. The molecule has 0 bridgehead atoms. The van der Waals surface area contributed by atoms with Crippen LogP contribution in [0.4, 0.5) is 5.69 Å². The van der Waals surface area contributed by atoms with Gasteiger partial charge >= 0.3 is 0 Å². The molecule has 0 aliphatic carbocycles. The van der Waals surface area contributed by atoms with Crippen LogP contribution in [0.1, 0.15) is 25.3 Å². The summed E-state index contributed by atoms with van der Waals surface area (Å²) in [6.45, 7) is 2.26. The van der Waals surface area contributed by atoms with Gasteiger partial charge in [-0.2, -0.15) is 0 Å². The van der Waals surface area contributed by atoms with Gasteiger partial charge < -0.3 is 5.32 Å². The van der Waals surface area contributed by atoms with Gasteiger partial charge in [0.2, 0.25) is 15.9 Å². The summed E-state index contributed by atoms with van der Waals surface area (Å²) in [5.74, 6) is -0.0749. The van der Waals surface area contributed by atoms with Crippen LogP contribution in [0.15, 0.2) is 59.5 Å². The number of hydrogen-bond donors (Lipinski definition) is 2. The molecule has 2 N–H and O–H groups in total. The number of anilines is 1. The molecule has 2 aromatic rings. The third-order valence-electron chi connectivity index (χ3n) is 3.47. The number of sulfonamides is 1. The molecule has 1 amide bonds. The summed E-state index contributed by atoms with van der Waals surface area (Å²) >= 11 is 0. The Kier molecular flexibility index (Phi) is 6.52. The fraction of sp³-hybridized carbons (Fsp3) is 0.278. The Morgan fingerprint density at radius 1 is 1.00 bits per heavy atom. The van der Waals surface area contributed by atoms with Crippen molar-refractivity contribution in [3.05, 3.63) is 60.2 Å². The molecule has 0 heterocycles. The smallest absolute Gasteiger partial charge is 0.240 e. The summed E-state index contributed by atoms with van der Waals surface area (Å²) in [6, 6.07) is 15.9. The van der Waals surface area contributed by atoms with E-state index in [1.54, 1.807) is 12.1 Å². The van der Waals surface area contributed by atoms with Gasteiger partial charge in [0.1, 0.15) is 0 Å². The molecule has 2 aromatic carbocycles. The van der Waals surface area contributed by atoms with E-state index in [-0.39, 0.29) is 10.8 Å². The van der Waals surface area contributed by atoms with Gasteiger partial charge in [0.15, 0.2) is 0 Å². The fourth-order valence-electron chi connectivity index (χ4n) is 2.23. The summed E-state index contributed by atoms with van der Waals surface area (Å²) in [4.78, 5) is 11.7. The van der Waals surface area contributed by atoms with Crippen LogP contribution >= 0.6 is 0 Å². The number of carbonyl (C=O) groups excluding carboxylic acids is 1. The highest BCUT2D eigenvalue weighted by molar-refractivity contribution is 7.89. The first kappa shape index (κ1) is 18.2. The normalized spacial score (nSPS) is 11.2. The van der Waals surface area contributed by atoms with E-state index in [0.717, 1.165) is 12.0 Å². The number of rotatable bonds is 8. The number of nitrogens with one attached hydrogen (secondary N) is 2. The van der Waals surface area contributed by atoms with Gasteiger partial charge in [0.25, 0.3) is 0 Å². The zero-order valence-electron chi connectivity index (χ0n) is 13.7. The molecule has 0 aliphatic heterocycles. The molecule has 24 heavy (non-hydrogen) atoms. The quantitative estimate of drug-likeness (QED) is 0.772. The predicted octanol–water partition coefficient (Wildman–Crippen LogP) is 2.95. The van der Waals surface area contributed by atoms with E-state index < -0.39 is 10.0 Å². The highest BCUT2D eigenvalue weighted by Gasteiger charge is 2.13. The first-order valence-electron chi connectivity index (χ1n) is 7.95. The second-order valence-electron chi connectivity index (χ2n) is 5.46. The molecule has 5 nitrogen and oxygen atoms in total. The van der Waals surface area contributed by atoms with Crippen LogP contribution in [0.5, 0.6) is 0 Å². The molecular weight excluding hydrogens is 324 g/mol. The zero-order chi connectivity index (χ0) is 17.4. The van der Waals surface area contributed by atoms with Gasteiger partial charge in [0.05, 0.1) is 4.90 Å². The average molecular weight is 346 g/mol. The van der Waals surface area contributed by atoms with Crippen LogP contribution in [0.25, 0.3) is 0 Å². The molecule has 0 fully saturated rings. The van der Waals surface area contributed by atoms with Gasteiger partial charge in [-0.1, -0.05) is 37.3 Å². The summed E-state index contributed by atoms with van der Waals surface area (Å²) < 4.78 is 27.1. The second kappa shape index (κ2) is 8.61. The first-order valence-corrected chi connectivity index (χ1v) is 9.43. The van der Waals surface area contributed by atoms with E-state index >= 15 is 0 Å². The Labute approximate surface area is 143 Å². The second-order valence-corrected chi connectivity index (χ2v) is 7.22. The van der Waals surface area contributed by atoms with Crippen molar-refractivity contribution in [3.63, 3.8) is 0 Å². The molecule has 0 saturated carbocycles. The third kappa shape index (κ3) is 5.47. The predicted molar refractivity (Wildman–Crippen MR) is 95.3 cm³/mol. The maximum atomic E-state index is 12.3. The molecule has 128 valence electrons. The van der Waals surface area contributed by atoms with E-state index in [4.69, 9.17) is 0 Å². The minimum absolute atomic E-state index is 0.0749. The van der Waals surface area contributed by atoms with Crippen LogP contribution in [-0.4, -0.2) is 20.9 Å². The number of hydrogen-bond acceptors (Lipinski definition) is 3. The standard InChI is InChI=1S/C18H22N2O3S/c1-2-6-18(21)20-16-9-11-17(12-10-16)24(22,23)19-14-13-15-7-4-3-5-8-15/h3-5,7-12,19H,2,6,13-14H2,1H3,(H,20,21). The first-order chi connectivity index (χ1) is 11.5. The minimum atomic E-state index is -3.55. The molecule has 0 aliphatic rings. The number of amides is 1. The van der Waals surface area contributed by atoms with E-state index in [1.165, 1.54) is 12.1 Å². The molecule has 0 saturated heterocycles. The van der Waals surface area contributed by atoms with Crippen LogP contribution in [0.3, 0.4) is 0 Å². The highest BCUT2D eigenvalue weighted by Crippen LogP contribution is 2.14. The topological polar surface area (TPSA) is 75.3 Å². The Hall–Kier alpha value is -2.18. The summed E-state index contributed by atoms with van der Waals surface area (Å²) in [5, 5.41) is 2.73. The van der Waals surface area contributed by atoms with Crippen LogP contribution in [0.2, 0.25) is 0 Å². The van der Waals surface area contributed by atoms with Gasteiger partial charge in [-0.3, -0.25) is 4.79 Å². The molecule has 0 spiro atoms. The van der Waals surface area contributed by atoms with Crippen molar-refractivity contribution in [3.8, 4) is 0 Å². The summed E-state index contributed by atoms with van der Waals surface area (Å²) in [6.07, 6.45) is 1.84. The van der Waals surface area contributed by atoms with Crippen molar-refractivity contribution in [1.29, 1.82) is 0 Å². The number of carbonyl (C=O) groups is 1. The molecular formula is C18H22N2O3S. The SMILES string of the molecule is CCCC(=O)Nc1ccc(S(=O)(=O)NCCc2ccccc2)cc1. The van der Waals surface area contributed by atoms with E-state index in [2.05, 4.69) is 10.0 Å². The molecule has 0 unspecified atom stereocenters. The largest absolute Gasteiger partial charge is 0.326 e. The maximum Gasteiger partial charge on any atom is 0.240 e. The fourth-order valence-corrected chi connectivity index (χ4v) is 3.26. The minimum Gasteiger partial charge on any atom is -0.326 e. The van der Waals surface area contributed by atoms with Gasteiger partial charge in [0, 0.05) is 18.7 Å². The Bertz CT molecular complexity index is 757. The van der Waals surface area contributed by atoms with E-state index in [9.17, 15) is 13.2 Å². The zero-order valence-corrected chi connectivity index (χ0v) is 14.5. The lowest BCUT2D eigenvalue weighted by molar-refractivity contribution is -0.116. The Morgan fingerprint density at radius 2 is 1.67 bits per heavy atom. The van der Waals surface area contributed by atoms with Crippen molar-refractivity contribution >= 4 is 21.6 Å². The molecule has 0 aromatic heterocycles. The summed E-state index contributed by atoms with van der Waals surface area (Å²) in [7, 11) is -3.55. The Balaban J connectivity index is 1.92. The van der Waals surface area contributed by atoms with E-state index in [0.29, 0.717) is 25.1 Å². The van der Waals surface area contributed by atoms with Crippen molar-refractivity contribution in [2.24, 2.45) is 0 Å². The van der Waals surface area contributed by atoms with Crippen molar-refractivity contribution in [2.45, 2.75) is 31.1 Å².